The van der Waals surface area contributed by atoms with Crippen LogP contribution in [0.5, 0.6) is 0 Å². The van der Waals surface area contributed by atoms with E-state index in [-0.39, 0.29) is 29.9 Å². The molecule has 2 saturated heterocycles. The van der Waals surface area contributed by atoms with Crippen LogP contribution in [0.4, 0.5) is 0 Å². The molecule has 1 spiro atoms. The van der Waals surface area contributed by atoms with Crippen LogP contribution in [0.3, 0.4) is 0 Å². The van der Waals surface area contributed by atoms with Gasteiger partial charge in [-0.3, -0.25) is 4.79 Å². The number of rotatable bonds is 3. The average molecular weight is 609 g/mol. The lowest BCUT2D eigenvalue weighted by molar-refractivity contribution is -0.340. The summed E-state index contributed by atoms with van der Waals surface area (Å²) in [7, 11) is 1.51. The number of esters is 1. The van der Waals surface area contributed by atoms with Gasteiger partial charge in [-0.05, 0) is 61.9 Å². The normalized spacial score (nSPS) is 47.1. The summed E-state index contributed by atoms with van der Waals surface area (Å²) in [4.78, 5) is 14.1. The Labute approximate surface area is 257 Å². The molecule has 42 heavy (non-hydrogen) atoms. The van der Waals surface area contributed by atoms with Gasteiger partial charge in [-0.2, -0.15) is 0 Å². The summed E-state index contributed by atoms with van der Waals surface area (Å²) < 4.78 is 25.4. The molecule has 0 radical (unpaired) electrons. The minimum atomic E-state index is -1.94. The highest BCUT2D eigenvalue weighted by molar-refractivity contribution is 6.19. The van der Waals surface area contributed by atoms with E-state index >= 15 is 0 Å². The maximum absolute atomic E-state index is 14.1. The zero-order valence-corrected chi connectivity index (χ0v) is 27.3. The molecule has 3 aliphatic heterocycles. The molecule has 4 rings (SSSR count). The molecule has 0 aromatic heterocycles. The van der Waals surface area contributed by atoms with Gasteiger partial charge in [-0.15, -0.1) is 11.6 Å². The lowest BCUT2D eigenvalue weighted by atomic mass is 9.65. The zero-order valence-electron chi connectivity index (χ0n) is 26.6. The van der Waals surface area contributed by atoms with Crippen LogP contribution in [-0.4, -0.2) is 71.1 Å². The van der Waals surface area contributed by atoms with Crippen molar-refractivity contribution in [3.63, 3.8) is 0 Å². The van der Waals surface area contributed by atoms with Gasteiger partial charge in [0.25, 0.3) is 0 Å². The summed E-state index contributed by atoms with van der Waals surface area (Å²) >= 11 is 6.41. The van der Waals surface area contributed by atoms with Gasteiger partial charge in [0.2, 0.25) is 0 Å². The fourth-order valence-corrected chi connectivity index (χ4v) is 8.11. The van der Waals surface area contributed by atoms with Crippen molar-refractivity contribution >= 4 is 17.6 Å². The summed E-state index contributed by atoms with van der Waals surface area (Å²) in [6, 6.07) is 0. The first-order valence-electron chi connectivity index (χ1n) is 15.9. The second kappa shape index (κ2) is 13.8. The van der Waals surface area contributed by atoms with E-state index in [1.807, 2.05) is 13.0 Å². The number of ether oxygens (including phenoxy) is 4. The van der Waals surface area contributed by atoms with E-state index < -0.39 is 41.6 Å². The Morgan fingerprint density at radius 2 is 1.88 bits per heavy atom. The highest BCUT2D eigenvalue weighted by Gasteiger charge is 2.58. The lowest BCUT2D eigenvalue weighted by Gasteiger charge is -2.51. The monoisotopic (exact) mass is 608 g/mol. The zero-order chi connectivity index (χ0) is 30.8. The van der Waals surface area contributed by atoms with E-state index in [1.165, 1.54) is 12.7 Å². The van der Waals surface area contributed by atoms with E-state index in [2.05, 4.69) is 46.8 Å². The molecular formula is C34H53ClO7. The van der Waals surface area contributed by atoms with Crippen LogP contribution in [0.25, 0.3) is 0 Å². The molecule has 11 atom stereocenters. The van der Waals surface area contributed by atoms with Crippen LogP contribution in [0.1, 0.15) is 86.5 Å². The van der Waals surface area contributed by atoms with Crippen molar-refractivity contribution in [3.05, 3.63) is 35.5 Å². The van der Waals surface area contributed by atoms with Crippen molar-refractivity contribution in [1.82, 2.24) is 0 Å². The topological polar surface area (TPSA) is 94.5 Å². The summed E-state index contributed by atoms with van der Waals surface area (Å²) in [6.07, 6.45) is 9.90. The Balaban J connectivity index is 1.74. The molecule has 1 saturated carbocycles. The maximum atomic E-state index is 14.1. The Morgan fingerprint density at radius 1 is 1.14 bits per heavy atom. The van der Waals surface area contributed by atoms with Crippen LogP contribution >= 0.6 is 11.6 Å². The van der Waals surface area contributed by atoms with Crippen LogP contribution < -0.4 is 0 Å². The number of alkyl halides is 1. The summed E-state index contributed by atoms with van der Waals surface area (Å²) in [5.41, 5.74) is -0.302. The van der Waals surface area contributed by atoms with Gasteiger partial charge in [-0.25, -0.2) is 0 Å². The van der Waals surface area contributed by atoms with E-state index in [0.29, 0.717) is 43.1 Å². The molecule has 238 valence electrons. The van der Waals surface area contributed by atoms with Crippen LogP contribution in [-0.2, 0) is 23.7 Å². The van der Waals surface area contributed by atoms with Gasteiger partial charge in [0.15, 0.2) is 5.79 Å². The lowest BCUT2D eigenvalue weighted by Crippen LogP contribution is -2.64. The molecule has 2 bridgehead atoms. The fraction of sp³-hybridized carbons (Fsp3) is 0.794. The smallest absolute Gasteiger partial charge is 0.312 e. The third-order valence-electron chi connectivity index (χ3n) is 10.1. The second-order valence-corrected chi connectivity index (χ2v) is 14.2. The number of fused-ring (bicyclic) bond motifs is 3. The Kier molecular flexibility index (Phi) is 11.1. The van der Waals surface area contributed by atoms with E-state index in [4.69, 9.17) is 30.5 Å². The van der Waals surface area contributed by atoms with Crippen LogP contribution in [0, 0.1) is 29.6 Å². The summed E-state index contributed by atoms with van der Waals surface area (Å²) in [5, 5.41) is 23.8. The molecule has 0 aromatic carbocycles. The average Bonchev–Trinajstić information content (AvgIpc) is 2.93. The predicted octanol–water partition coefficient (Wildman–Crippen LogP) is 6.11. The Hall–Kier alpha value is -1.22. The van der Waals surface area contributed by atoms with Gasteiger partial charge in [0.05, 0.1) is 24.2 Å². The molecule has 1 aliphatic carbocycles. The van der Waals surface area contributed by atoms with Gasteiger partial charge in [0.1, 0.15) is 17.8 Å². The van der Waals surface area contributed by atoms with Crippen molar-refractivity contribution in [2.45, 2.75) is 128 Å². The van der Waals surface area contributed by atoms with Crippen molar-refractivity contribution in [2.75, 3.05) is 13.0 Å². The number of carbonyl (C=O) groups is 1. The van der Waals surface area contributed by atoms with E-state index in [9.17, 15) is 15.0 Å². The number of halogens is 1. The van der Waals surface area contributed by atoms with Gasteiger partial charge in [0, 0.05) is 32.3 Å². The Morgan fingerprint density at radius 3 is 2.55 bits per heavy atom. The number of hydrogen-bond donors (Lipinski definition) is 2. The van der Waals surface area contributed by atoms with Gasteiger partial charge < -0.3 is 29.2 Å². The van der Waals surface area contributed by atoms with Crippen molar-refractivity contribution < 1.29 is 34.0 Å². The third-order valence-corrected chi connectivity index (χ3v) is 10.4. The molecule has 0 amide bonds. The minimum Gasteiger partial charge on any atom is -0.462 e. The molecule has 0 unspecified atom stereocenters. The molecule has 3 fully saturated rings. The molecular weight excluding hydrogens is 556 g/mol. The van der Waals surface area contributed by atoms with Gasteiger partial charge in [-0.1, -0.05) is 64.5 Å². The minimum absolute atomic E-state index is 0.0507. The molecule has 3 heterocycles. The number of methoxy groups -OCH3 is 1. The first-order chi connectivity index (χ1) is 19.8. The Bertz CT molecular complexity index is 1040. The summed E-state index contributed by atoms with van der Waals surface area (Å²) in [6.45, 7) is 12.8. The second-order valence-electron chi connectivity index (χ2n) is 13.9. The van der Waals surface area contributed by atoms with Gasteiger partial charge >= 0.3 is 5.97 Å². The van der Waals surface area contributed by atoms with E-state index in [0.717, 1.165) is 19.3 Å². The highest BCUT2D eigenvalue weighted by atomic mass is 35.5. The van der Waals surface area contributed by atoms with Crippen molar-refractivity contribution in [1.29, 1.82) is 0 Å². The quantitative estimate of drug-likeness (QED) is 0.227. The largest absolute Gasteiger partial charge is 0.462 e. The van der Waals surface area contributed by atoms with E-state index in [1.54, 1.807) is 6.08 Å². The molecule has 0 aromatic rings. The SMILES string of the molecule is CO[C@H]1[C@@H](O)[C@@]2(O)/C(CCl)=C/C=C/[C@H](C)C/C(C)=C/C[C@@H]3C[C@@H](C[C@]4(CC[C@H](C)[C@@H](C(C)C)O4)O3)OC(=O)[C@@H]2C[C@@H]1C. The first-order valence-corrected chi connectivity index (χ1v) is 16.5. The number of allylic oxidation sites excluding steroid dienone is 4. The number of carbonyl (C=O) groups excluding carboxylic acids is 1. The maximum Gasteiger partial charge on any atom is 0.312 e. The number of aliphatic hydroxyl groups is 2. The molecule has 4 aliphatic rings. The van der Waals surface area contributed by atoms with Crippen LogP contribution in [0.15, 0.2) is 35.5 Å². The van der Waals surface area contributed by atoms with Crippen molar-refractivity contribution in [3.8, 4) is 0 Å². The fourth-order valence-electron chi connectivity index (χ4n) is 7.81. The third kappa shape index (κ3) is 7.02. The summed E-state index contributed by atoms with van der Waals surface area (Å²) in [5.74, 6) is -1.61. The van der Waals surface area contributed by atoms with Crippen LogP contribution in [0.2, 0.25) is 0 Å². The predicted molar refractivity (Wildman–Crippen MR) is 164 cm³/mol. The molecule has 8 heteroatoms. The number of aliphatic hydroxyl groups excluding tert-OH is 1. The molecule has 7 nitrogen and oxygen atoms in total. The number of hydrogen-bond acceptors (Lipinski definition) is 7. The highest BCUT2D eigenvalue weighted by Crippen LogP contribution is 2.47. The molecule has 2 N–H and O–H groups in total. The standard InChI is InChI=1S/C34H53ClO7/c1-20(2)29-23(5)13-14-33(42-29)18-27-17-26(41-33)12-11-22(4)15-21(3)9-8-10-25(19-35)34(38)28(32(37)40-27)16-24(6)30(39-7)31(34)36/h8-11,20-21,23-24,26-31,36,38H,12-19H2,1-7H3/b9-8+,22-11+,25-10+/t21-,23-,24-,26+,27-,28-,29+,30+,31+,33+,34+/m0/s1. The first kappa shape index (κ1) is 33.7. The van der Waals surface area contributed by atoms with Crippen molar-refractivity contribution in [2.24, 2.45) is 29.6 Å².